The average Bonchev–Trinajstić information content (AvgIpc) is 2.30. The molecule has 0 amide bonds. The van der Waals surface area contributed by atoms with E-state index in [0.717, 1.165) is 11.3 Å². The summed E-state index contributed by atoms with van der Waals surface area (Å²) in [6.07, 6.45) is 3.17. The molecule has 1 heterocycles. The Bertz CT molecular complexity index is 471. The first-order valence-corrected chi connectivity index (χ1v) is 4.53. The lowest BCUT2D eigenvalue weighted by Gasteiger charge is -2.08. The molecule has 2 N–H and O–H groups in total. The van der Waals surface area contributed by atoms with Gasteiger partial charge in [0.05, 0.1) is 7.11 Å². The first-order chi connectivity index (χ1) is 7.33. The summed E-state index contributed by atoms with van der Waals surface area (Å²) in [7, 11) is 1.62. The molecule has 1 aromatic heterocycles. The minimum Gasteiger partial charge on any atom is -0.496 e. The topological polar surface area (TPSA) is 61.0 Å². The van der Waals surface area contributed by atoms with E-state index in [4.69, 9.17) is 10.5 Å². The Hall–Kier alpha value is -2.10. The largest absolute Gasteiger partial charge is 0.496 e. The fraction of sp³-hybridized carbons (Fsp3) is 0.0909. The fourth-order valence-electron chi connectivity index (χ4n) is 1.40. The van der Waals surface area contributed by atoms with Crippen LogP contribution in [-0.4, -0.2) is 17.1 Å². The van der Waals surface area contributed by atoms with E-state index in [1.807, 2.05) is 24.3 Å². The van der Waals surface area contributed by atoms with Gasteiger partial charge in [-0.25, -0.2) is 4.98 Å². The second-order valence-electron chi connectivity index (χ2n) is 2.99. The quantitative estimate of drug-likeness (QED) is 0.803. The van der Waals surface area contributed by atoms with E-state index in [1.54, 1.807) is 19.5 Å². The first-order valence-electron chi connectivity index (χ1n) is 4.53. The number of hydrogen-bond acceptors (Lipinski definition) is 4. The standard InChI is InChI=1S/C11H11N3O/c1-15-9-5-3-2-4-8(9)10-11(12)14-7-6-13-10/h2-7H,1H3,(H2,12,14). The van der Waals surface area contributed by atoms with Crippen LogP contribution >= 0.6 is 0 Å². The molecule has 2 aromatic rings. The number of hydrogen-bond donors (Lipinski definition) is 1. The number of rotatable bonds is 2. The molecule has 0 atom stereocenters. The third kappa shape index (κ3) is 1.74. The second kappa shape index (κ2) is 3.96. The van der Waals surface area contributed by atoms with Crippen molar-refractivity contribution in [1.29, 1.82) is 0 Å². The Labute approximate surface area is 87.7 Å². The lowest BCUT2D eigenvalue weighted by Crippen LogP contribution is -1.97. The van der Waals surface area contributed by atoms with Gasteiger partial charge in [-0.05, 0) is 12.1 Å². The summed E-state index contributed by atoms with van der Waals surface area (Å²) in [4.78, 5) is 8.18. The lowest BCUT2D eigenvalue weighted by atomic mass is 10.1. The molecule has 0 spiro atoms. The summed E-state index contributed by atoms with van der Waals surface area (Å²) in [5, 5.41) is 0. The van der Waals surface area contributed by atoms with Gasteiger partial charge >= 0.3 is 0 Å². The highest BCUT2D eigenvalue weighted by Crippen LogP contribution is 2.30. The normalized spacial score (nSPS) is 9.93. The lowest BCUT2D eigenvalue weighted by molar-refractivity contribution is 0.416. The van der Waals surface area contributed by atoms with Crippen molar-refractivity contribution in [3.05, 3.63) is 36.7 Å². The summed E-state index contributed by atoms with van der Waals surface area (Å²) < 4.78 is 5.23. The van der Waals surface area contributed by atoms with Gasteiger partial charge in [0.15, 0.2) is 0 Å². The van der Waals surface area contributed by atoms with E-state index in [9.17, 15) is 0 Å². The number of aromatic nitrogens is 2. The zero-order valence-corrected chi connectivity index (χ0v) is 8.34. The van der Waals surface area contributed by atoms with Crippen LogP contribution in [0.25, 0.3) is 11.3 Å². The number of nitrogens with zero attached hydrogens (tertiary/aromatic N) is 2. The zero-order chi connectivity index (χ0) is 10.7. The Morgan fingerprint density at radius 2 is 1.87 bits per heavy atom. The van der Waals surface area contributed by atoms with Crippen LogP contribution < -0.4 is 10.5 Å². The molecule has 0 saturated carbocycles. The highest BCUT2D eigenvalue weighted by Gasteiger charge is 2.09. The Kier molecular flexibility index (Phi) is 2.49. The minimum atomic E-state index is 0.405. The van der Waals surface area contributed by atoms with Crippen molar-refractivity contribution in [3.8, 4) is 17.0 Å². The molecular weight excluding hydrogens is 190 g/mol. The number of nitrogens with two attached hydrogens (primary N) is 1. The second-order valence-corrected chi connectivity index (χ2v) is 2.99. The van der Waals surface area contributed by atoms with Gasteiger partial charge in [0.1, 0.15) is 17.3 Å². The van der Waals surface area contributed by atoms with Crippen LogP contribution in [0.2, 0.25) is 0 Å². The van der Waals surface area contributed by atoms with Crippen molar-refractivity contribution in [2.24, 2.45) is 0 Å². The van der Waals surface area contributed by atoms with Gasteiger partial charge in [-0.15, -0.1) is 0 Å². The number of ether oxygens (including phenoxy) is 1. The van der Waals surface area contributed by atoms with Crippen LogP contribution in [-0.2, 0) is 0 Å². The predicted molar refractivity (Wildman–Crippen MR) is 58.4 cm³/mol. The predicted octanol–water partition coefficient (Wildman–Crippen LogP) is 1.73. The highest BCUT2D eigenvalue weighted by molar-refractivity contribution is 5.74. The Morgan fingerprint density at radius 3 is 2.60 bits per heavy atom. The highest BCUT2D eigenvalue weighted by atomic mass is 16.5. The third-order valence-corrected chi connectivity index (χ3v) is 2.09. The first kappa shape index (κ1) is 9.45. The minimum absolute atomic E-state index is 0.405. The van der Waals surface area contributed by atoms with Crippen molar-refractivity contribution in [3.63, 3.8) is 0 Å². The van der Waals surface area contributed by atoms with Crippen LogP contribution in [0, 0.1) is 0 Å². The van der Waals surface area contributed by atoms with Gasteiger partial charge in [0.2, 0.25) is 0 Å². The molecule has 0 saturated heterocycles. The van der Waals surface area contributed by atoms with E-state index >= 15 is 0 Å². The molecule has 0 radical (unpaired) electrons. The zero-order valence-electron chi connectivity index (χ0n) is 8.34. The molecular formula is C11H11N3O. The van der Waals surface area contributed by atoms with E-state index in [0.29, 0.717) is 11.5 Å². The monoisotopic (exact) mass is 201 g/mol. The number of methoxy groups -OCH3 is 1. The van der Waals surface area contributed by atoms with E-state index in [2.05, 4.69) is 9.97 Å². The van der Waals surface area contributed by atoms with Crippen LogP contribution in [0.5, 0.6) is 5.75 Å². The SMILES string of the molecule is COc1ccccc1-c1nccnc1N. The molecule has 4 heteroatoms. The average molecular weight is 201 g/mol. The van der Waals surface area contributed by atoms with Crippen molar-refractivity contribution in [2.75, 3.05) is 12.8 Å². The maximum absolute atomic E-state index is 5.75. The van der Waals surface area contributed by atoms with Gasteiger partial charge in [0.25, 0.3) is 0 Å². The molecule has 0 fully saturated rings. The van der Waals surface area contributed by atoms with Gasteiger partial charge in [-0.2, -0.15) is 0 Å². The van der Waals surface area contributed by atoms with Crippen LogP contribution in [0.4, 0.5) is 5.82 Å². The van der Waals surface area contributed by atoms with E-state index in [-0.39, 0.29) is 0 Å². The van der Waals surface area contributed by atoms with Crippen LogP contribution in [0.3, 0.4) is 0 Å². The molecule has 0 unspecified atom stereocenters. The van der Waals surface area contributed by atoms with E-state index < -0.39 is 0 Å². The fourth-order valence-corrected chi connectivity index (χ4v) is 1.40. The molecule has 76 valence electrons. The van der Waals surface area contributed by atoms with E-state index in [1.165, 1.54) is 0 Å². The molecule has 2 rings (SSSR count). The molecule has 0 aliphatic rings. The number of para-hydroxylation sites is 1. The number of nitrogen functional groups attached to an aromatic ring is 1. The maximum Gasteiger partial charge on any atom is 0.150 e. The van der Waals surface area contributed by atoms with Crippen LogP contribution in [0.1, 0.15) is 0 Å². The molecule has 0 bridgehead atoms. The van der Waals surface area contributed by atoms with Crippen LogP contribution in [0.15, 0.2) is 36.7 Å². The summed E-state index contributed by atoms with van der Waals surface area (Å²) in [6, 6.07) is 7.57. The van der Waals surface area contributed by atoms with Gasteiger partial charge < -0.3 is 10.5 Å². The molecule has 0 aliphatic carbocycles. The Balaban J connectivity index is 2.59. The number of anilines is 1. The molecule has 15 heavy (non-hydrogen) atoms. The molecule has 4 nitrogen and oxygen atoms in total. The summed E-state index contributed by atoms with van der Waals surface area (Å²) in [5.41, 5.74) is 7.25. The van der Waals surface area contributed by atoms with Crippen molar-refractivity contribution in [1.82, 2.24) is 9.97 Å². The molecule has 1 aromatic carbocycles. The van der Waals surface area contributed by atoms with Crippen molar-refractivity contribution >= 4 is 5.82 Å². The van der Waals surface area contributed by atoms with Crippen molar-refractivity contribution < 1.29 is 4.74 Å². The van der Waals surface area contributed by atoms with Gasteiger partial charge in [0, 0.05) is 18.0 Å². The smallest absolute Gasteiger partial charge is 0.150 e. The van der Waals surface area contributed by atoms with Gasteiger partial charge in [-0.3, -0.25) is 4.98 Å². The molecule has 0 aliphatic heterocycles. The van der Waals surface area contributed by atoms with Crippen molar-refractivity contribution in [2.45, 2.75) is 0 Å². The summed E-state index contributed by atoms with van der Waals surface area (Å²) in [6.45, 7) is 0. The van der Waals surface area contributed by atoms with Gasteiger partial charge in [-0.1, -0.05) is 12.1 Å². The summed E-state index contributed by atoms with van der Waals surface area (Å²) >= 11 is 0. The third-order valence-electron chi connectivity index (χ3n) is 2.09. The number of benzene rings is 1. The summed E-state index contributed by atoms with van der Waals surface area (Å²) in [5.74, 6) is 1.15. The maximum atomic E-state index is 5.75. The Morgan fingerprint density at radius 1 is 1.13 bits per heavy atom.